The van der Waals surface area contributed by atoms with Gasteiger partial charge < -0.3 is 5.11 Å². The minimum absolute atomic E-state index is 0.00764. The summed E-state index contributed by atoms with van der Waals surface area (Å²) in [6.07, 6.45) is -2.78. The van der Waals surface area contributed by atoms with Crippen LogP contribution < -0.4 is 0 Å². The molecule has 0 spiro atoms. The van der Waals surface area contributed by atoms with Crippen LogP contribution >= 0.6 is 15.9 Å². The van der Waals surface area contributed by atoms with E-state index in [1.165, 1.54) is 19.1 Å². The van der Waals surface area contributed by atoms with Crippen LogP contribution in [0.2, 0.25) is 0 Å². The monoisotopic (exact) mass is 264 g/mol. The molecule has 14 heavy (non-hydrogen) atoms. The number of halogens is 3. The SMILES string of the molecule is CCC(O)(c1ccc(Br)cc1)C(F)F. The quantitative estimate of drug-likeness (QED) is 0.888. The van der Waals surface area contributed by atoms with Gasteiger partial charge in [-0.1, -0.05) is 35.0 Å². The summed E-state index contributed by atoms with van der Waals surface area (Å²) in [6.45, 7) is 1.54. The third-order valence-corrected chi connectivity index (χ3v) is 2.77. The summed E-state index contributed by atoms with van der Waals surface area (Å²) >= 11 is 3.20. The minimum atomic E-state index is -2.77. The Morgan fingerprint density at radius 1 is 1.36 bits per heavy atom. The topological polar surface area (TPSA) is 20.2 Å². The normalized spacial score (nSPS) is 15.6. The summed E-state index contributed by atoms with van der Waals surface area (Å²) < 4.78 is 26.0. The number of rotatable bonds is 3. The molecule has 1 rings (SSSR count). The molecule has 1 aromatic rings. The molecule has 4 heteroatoms. The van der Waals surface area contributed by atoms with Gasteiger partial charge in [-0.2, -0.15) is 0 Å². The summed E-state index contributed by atoms with van der Waals surface area (Å²) in [7, 11) is 0. The second-order valence-electron chi connectivity index (χ2n) is 3.09. The molecular weight excluding hydrogens is 254 g/mol. The van der Waals surface area contributed by atoms with Crippen LogP contribution in [0.15, 0.2) is 28.7 Å². The van der Waals surface area contributed by atoms with Crippen molar-refractivity contribution >= 4 is 15.9 Å². The van der Waals surface area contributed by atoms with Gasteiger partial charge in [0.25, 0.3) is 6.43 Å². The van der Waals surface area contributed by atoms with Crippen molar-refractivity contribution in [2.24, 2.45) is 0 Å². The van der Waals surface area contributed by atoms with Gasteiger partial charge in [0.15, 0.2) is 0 Å². The number of hydrogen-bond donors (Lipinski definition) is 1. The van der Waals surface area contributed by atoms with E-state index in [4.69, 9.17) is 0 Å². The Kier molecular flexibility index (Phi) is 3.61. The largest absolute Gasteiger partial charge is 0.379 e. The van der Waals surface area contributed by atoms with Crippen molar-refractivity contribution in [3.8, 4) is 0 Å². The van der Waals surface area contributed by atoms with Crippen molar-refractivity contribution in [1.29, 1.82) is 0 Å². The molecule has 0 saturated carbocycles. The molecule has 0 aliphatic carbocycles. The molecule has 0 heterocycles. The number of hydrogen-bond acceptors (Lipinski definition) is 1. The predicted octanol–water partition coefficient (Wildman–Crippen LogP) is 3.31. The van der Waals surface area contributed by atoms with Crippen molar-refractivity contribution in [1.82, 2.24) is 0 Å². The zero-order valence-corrected chi connectivity index (χ0v) is 9.26. The number of benzene rings is 1. The molecule has 1 N–H and O–H groups in total. The van der Waals surface area contributed by atoms with Gasteiger partial charge in [0.1, 0.15) is 5.60 Å². The lowest BCUT2D eigenvalue weighted by Gasteiger charge is -2.26. The van der Waals surface area contributed by atoms with E-state index in [0.29, 0.717) is 0 Å². The van der Waals surface area contributed by atoms with Crippen LogP contribution in [-0.4, -0.2) is 11.5 Å². The average molecular weight is 265 g/mol. The molecule has 0 fully saturated rings. The van der Waals surface area contributed by atoms with E-state index in [1.54, 1.807) is 12.1 Å². The van der Waals surface area contributed by atoms with Crippen molar-refractivity contribution in [3.05, 3.63) is 34.3 Å². The molecule has 1 atom stereocenters. The second-order valence-corrected chi connectivity index (χ2v) is 4.00. The fraction of sp³-hybridized carbons (Fsp3) is 0.400. The number of aliphatic hydroxyl groups is 1. The van der Waals surface area contributed by atoms with Gasteiger partial charge in [-0.3, -0.25) is 0 Å². The molecule has 0 aliphatic rings. The molecule has 1 unspecified atom stereocenters. The maximum atomic E-state index is 12.6. The fourth-order valence-corrected chi connectivity index (χ4v) is 1.49. The molecule has 78 valence electrons. The van der Waals surface area contributed by atoms with Crippen molar-refractivity contribution in [2.75, 3.05) is 0 Å². The Bertz CT molecular complexity index is 299. The fourth-order valence-electron chi connectivity index (χ4n) is 1.22. The Labute approximate surface area is 89.9 Å². The van der Waals surface area contributed by atoms with E-state index in [-0.39, 0.29) is 12.0 Å². The van der Waals surface area contributed by atoms with Crippen LogP contribution in [-0.2, 0) is 5.60 Å². The van der Waals surface area contributed by atoms with Crippen LogP contribution in [0, 0.1) is 0 Å². The summed E-state index contributed by atoms with van der Waals surface area (Å²) in [5, 5.41) is 9.69. The smallest absolute Gasteiger partial charge is 0.270 e. The van der Waals surface area contributed by atoms with Gasteiger partial charge in [-0.25, -0.2) is 8.78 Å². The van der Waals surface area contributed by atoms with Gasteiger partial charge >= 0.3 is 0 Å². The first-order valence-electron chi connectivity index (χ1n) is 4.27. The van der Waals surface area contributed by atoms with E-state index in [9.17, 15) is 13.9 Å². The van der Waals surface area contributed by atoms with Gasteiger partial charge in [0, 0.05) is 4.47 Å². The first kappa shape index (κ1) is 11.6. The van der Waals surface area contributed by atoms with Crippen LogP contribution in [0.25, 0.3) is 0 Å². The lowest BCUT2D eigenvalue weighted by Crippen LogP contribution is -2.33. The maximum absolute atomic E-state index is 12.6. The molecule has 0 bridgehead atoms. The minimum Gasteiger partial charge on any atom is -0.379 e. The lowest BCUT2D eigenvalue weighted by atomic mass is 9.92. The highest BCUT2D eigenvalue weighted by Crippen LogP contribution is 2.32. The Morgan fingerprint density at radius 2 is 1.86 bits per heavy atom. The zero-order valence-electron chi connectivity index (χ0n) is 7.67. The van der Waals surface area contributed by atoms with Crippen LogP contribution in [0.1, 0.15) is 18.9 Å². The zero-order chi connectivity index (χ0) is 10.8. The van der Waals surface area contributed by atoms with Crippen LogP contribution in [0.5, 0.6) is 0 Å². The predicted molar refractivity (Wildman–Crippen MR) is 54.3 cm³/mol. The summed E-state index contributed by atoms with van der Waals surface area (Å²) in [5.74, 6) is 0. The number of alkyl halides is 2. The van der Waals surface area contributed by atoms with E-state index in [0.717, 1.165) is 4.47 Å². The van der Waals surface area contributed by atoms with Gasteiger partial charge in [0.05, 0.1) is 0 Å². The molecule has 1 nitrogen and oxygen atoms in total. The third kappa shape index (κ3) is 2.12. The first-order chi connectivity index (χ1) is 6.50. The maximum Gasteiger partial charge on any atom is 0.270 e. The highest BCUT2D eigenvalue weighted by Gasteiger charge is 2.37. The molecule has 0 aromatic heterocycles. The van der Waals surface area contributed by atoms with Crippen molar-refractivity contribution in [2.45, 2.75) is 25.4 Å². The Hall–Kier alpha value is -0.480. The van der Waals surface area contributed by atoms with E-state index < -0.39 is 12.0 Å². The van der Waals surface area contributed by atoms with Crippen molar-refractivity contribution < 1.29 is 13.9 Å². The van der Waals surface area contributed by atoms with E-state index in [1.807, 2.05) is 0 Å². The second kappa shape index (κ2) is 4.36. The Morgan fingerprint density at radius 3 is 2.21 bits per heavy atom. The van der Waals surface area contributed by atoms with Gasteiger partial charge in [-0.15, -0.1) is 0 Å². The summed E-state index contributed by atoms with van der Waals surface area (Å²) in [6, 6.07) is 6.27. The molecule has 1 aromatic carbocycles. The van der Waals surface area contributed by atoms with Crippen LogP contribution in [0.3, 0.4) is 0 Å². The van der Waals surface area contributed by atoms with E-state index >= 15 is 0 Å². The third-order valence-electron chi connectivity index (χ3n) is 2.24. The summed E-state index contributed by atoms with van der Waals surface area (Å²) in [4.78, 5) is 0. The average Bonchev–Trinajstić information content (AvgIpc) is 2.17. The summed E-state index contributed by atoms with van der Waals surface area (Å²) in [5.41, 5.74) is -1.78. The molecular formula is C10H11BrF2O. The van der Waals surface area contributed by atoms with Gasteiger partial charge in [-0.05, 0) is 24.1 Å². The Balaban J connectivity index is 3.06. The molecule has 0 amide bonds. The molecule has 0 saturated heterocycles. The van der Waals surface area contributed by atoms with E-state index in [2.05, 4.69) is 15.9 Å². The highest BCUT2D eigenvalue weighted by molar-refractivity contribution is 9.10. The molecule has 0 radical (unpaired) electrons. The van der Waals surface area contributed by atoms with Gasteiger partial charge in [0.2, 0.25) is 0 Å². The van der Waals surface area contributed by atoms with Crippen LogP contribution in [0.4, 0.5) is 8.78 Å². The molecule has 0 aliphatic heterocycles. The van der Waals surface area contributed by atoms with Crippen molar-refractivity contribution in [3.63, 3.8) is 0 Å². The lowest BCUT2D eigenvalue weighted by molar-refractivity contribution is -0.104. The highest BCUT2D eigenvalue weighted by atomic mass is 79.9. The standard InChI is InChI=1S/C10H11BrF2O/c1-2-10(14,9(12)13)7-3-5-8(11)6-4-7/h3-6,9,14H,2H2,1H3. The first-order valence-corrected chi connectivity index (χ1v) is 5.06.